The normalized spacial score (nSPS) is 36.0. The van der Waals surface area contributed by atoms with E-state index in [2.05, 4.69) is 26.8 Å². The van der Waals surface area contributed by atoms with E-state index in [-0.39, 0.29) is 0 Å². The number of allylic oxidation sites excluding steroid dienone is 2. The molecule has 2 rings (SSSR count). The van der Waals surface area contributed by atoms with Crippen molar-refractivity contribution in [2.24, 2.45) is 23.2 Å². The lowest BCUT2D eigenvalue weighted by Gasteiger charge is -2.13. The predicted molar refractivity (Wildman–Crippen MR) is 67.2 cm³/mol. The fraction of sp³-hybridized carbons (Fsp3) is 0.800. The zero-order valence-electron chi connectivity index (χ0n) is 11.0. The van der Waals surface area contributed by atoms with Gasteiger partial charge in [-0.05, 0) is 56.3 Å². The van der Waals surface area contributed by atoms with Gasteiger partial charge in [-0.15, -0.1) is 0 Å². The van der Waals surface area contributed by atoms with Crippen molar-refractivity contribution in [2.75, 3.05) is 0 Å². The quantitative estimate of drug-likeness (QED) is 0.655. The van der Waals surface area contributed by atoms with Crippen LogP contribution in [0.3, 0.4) is 0 Å². The lowest BCUT2D eigenvalue weighted by atomic mass is 9.92. The summed E-state index contributed by atoms with van der Waals surface area (Å²) >= 11 is 0. The average Bonchev–Trinajstić information content (AvgIpc) is 2.53. The highest BCUT2D eigenvalue weighted by Gasteiger charge is 2.60. The Morgan fingerprint density at radius 2 is 2.19 bits per heavy atom. The first kappa shape index (κ1) is 11.9. The molecule has 0 radical (unpaired) electrons. The maximum absolute atomic E-state index is 11.1. The second-order valence-electron chi connectivity index (χ2n) is 6.33. The van der Waals surface area contributed by atoms with Gasteiger partial charge in [-0.25, -0.2) is 0 Å². The minimum Gasteiger partial charge on any atom is -0.300 e. The van der Waals surface area contributed by atoms with Crippen LogP contribution in [0.15, 0.2) is 11.6 Å². The summed E-state index contributed by atoms with van der Waals surface area (Å²) in [7, 11) is 0. The Kier molecular flexibility index (Phi) is 2.98. The summed E-state index contributed by atoms with van der Waals surface area (Å²) in [6.07, 6.45) is 6.90. The first-order chi connectivity index (χ1) is 7.44. The van der Waals surface area contributed by atoms with Crippen molar-refractivity contribution in [3.8, 4) is 0 Å². The zero-order valence-corrected chi connectivity index (χ0v) is 11.0. The summed E-state index contributed by atoms with van der Waals surface area (Å²) in [5.74, 6) is 2.78. The molecule has 90 valence electrons. The molecule has 0 aliphatic heterocycles. The number of hydrogen-bond donors (Lipinski definition) is 0. The van der Waals surface area contributed by atoms with E-state index in [0.29, 0.717) is 11.2 Å². The summed E-state index contributed by atoms with van der Waals surface area (Å²) in [4.78, 5) is 11.1. The Morgan fingerprint density at radius 1 is 1.50 bits per heavy atom. The van der Waals surface area contributed by atoms with Gasteiger partial charge in [0.15, 0.2) is 0 Å². The molecule has 1 saturated carbocycles. The first-order valence-corrected chi connectivity index (χ1v) is 6.60. The molecule has 3 atom stereocenters. The van der Waals surface area contributed by atoms with Crippen LogP contribution in [0.25, 0.3) is 0 Å². The first-order valence-electron chi connectivity index (χ1n) is 6.60. The Bertz CT molecular complexity index is 324. The second kappa shape index (κ2) is 4.01. The molecular weight excluding hydrogens is 196 g/mol. The maximum Gasteiger partial charge on any atom is 0.129 e. The molecule has 0 spiro atoms. The topological polar surface area (TPSA) is 17.1 Å². The molecule has 16 heavy (non-hydrogen) atoms. The van der Waals surface area contributed by atoms with Gasteiger partial charge in [-0.1, -0.05) is 25.5 Å². The number of carbonyl (C=O) groups is 1. The fourth-order valence-corrected chi connectivity index (χ4v) is 3.83. The molecule has 2 aliphatic carbocycles. The minimum atomic E-state index is 0.347. The van der Waals surface area contributed by atoms with Gasteiger partial charge < -0.3 is 4.79 Å². The lowest BCUT2D eigenvalue weighted by Crippen LogP contribution is -2.05. The maximum atomic E-state index is 11.1. The number of Topliss-reactive ketones (excluding diaryl/α,β-unsaturated/α-hetero) is 1. The zero-order chi connectivity index (χ0) is 11.9. The molecule has 0 aromatic rings. The van der Waals surface area contributed by atoms with Crippen LogP contribution >= 0.6 is 0 Å². The van der Waals surface area contributed by atoms with Crippen LogP contribution in [0.4, 0.5) is 0 Å². The molecule has 2 aliphatic rings. The van der Waals surface area contributed by atoms with Crippen molar-refractivity contribution >= 4 is 5.78 Å². The van der Waals surface area contributed by atoms with Crippen LogP contribution in [0.5, 0.6) is 0 Å². The van der Waals surface area contributed by atoms with Gasteiger partial charge >= 0.3 is 0 Å². The van der Waals surface area contributed by atoms with Gasteiger partial charge in [0.05, 0.1) is 0 Å². The second-order valence-corrected chi connectivity index (χ2v) is 6.33. The summed E-state index contributed by atoms with van der Waals surface area (Å²) in [5, 5.41) is 0. The standard InChI is InChI=1S/C15H24O/c1-10-6-5-7-12(10)14-13(15(14,3)4)9-8-11(2)16/h6,12-14H,5,7-9H2,1-4H3/t12-,13-,14-/m1/s1. The van der Waals surface area contributed by atoms with E-state index in [1.807, 2.05) is 0 Å². The molecule has 0 unspecified atom stereocenters. The summed E-state index contributed by atoms with van der Waals surface area (Å²) in [5.41, 5.74) is 2.07. The molecule has 0 bridgehead atoms. The van der Waals surface area contributed by atoms with E-state index in [1.165, 1.54) is 12.8 Å². The van der Waals surface area contributed by atoms with Crippen LogP contribution in [-0.4, -0.2) is 5.78 Å². The SMILES string of the molecule is CC(=O)CC[C@@H]1[C@@H]([C@@H]2CCC=C2C)C1(C)C. The van der Waals surface area contributed by atoms with Crippen LogP contribution in [-0.2, 0) is 4.79 Å². The van der Waals surface area contributed by atoms with Gasteiger partial charge in [-0.3, -0.25) is 0 Å². The van der Waals surface area contributed by atoms with Gasteiger partial charge in [0.25, 0.3) is 0 Å². The minimum absolute atomic E-state index is 0.347. The third-order valence-electron chi connectivity index (χ3n) is 4.91. The Balaban J connectivity index is 1.96. The van der Waals surface area contributed by atoms with Crippen molar-refractivity contribution in [3.63, 3.8) is 0 Å². The molecule has 0 amide bonds. The Hall–Kier alpha value is -0.590. The van der Waals surface area contributed by atoms with Gasteiger partial charge in [0.1, 0.15) is 5.78 Å². The van der Waals surface area contributed by atoms with Crippen LogP contribution < -0.4 is 0 Å². The third kappa shape index (κ3) is 1.97. The monoisotopic (exact) mass is 220 g/mol. The largest absolute Gasteiger partial charge is 0.300 e. The van der Waals surface area contributed by atoms with E-state index in [0.717, 1.165) is 30.6 Å². The molecule has 0 aromatic heterocycles. The lowest BCUT2D eigenvalue weighted by molar-refractivity contribution is -0.117. The van der Waals surface area contributed by atoms with Crippen LogP contribution in [0.1, 0.15) is 53.4 Å². The van der Waals surface area contributed by atoms with Crippen molar-refractivity contribution in [3.05, 3.63) is 11.6 Å². The number of rotatable bonds is 4. The van der Waals surface area contributed by atoms with Crippen molar-refractivity contribution in [2.45, 2.75) is 53.4 Å². The molecule has 0 heterocycles. The van der Waals surface area contributed by atoms with E-state index in [1.54, 1.807) is 12.5 Å². The van der Waals surface area contributed by atoms with Crippen LogP contribution in [0.2, 0.25) is 0 Å². The summed E-state index contributed by atoms with van der Waals surface area (Å²) in [6, 6.07) is 0. The highest BCUT2D eigenvalue weighted by Crippen LogP contribution is 2.66. The van der Waals surface area contributed by atoms with Gasteiger partial charge in [-0.2, -0.15) is 0 Å². The molecular formula is C15H24O. The van der Waals surface area contributed by atoms with Crippen molar-refractivity contribution < 1.29 is 4.79 Å². The van der Waals surface area contributed by atoms with E-state index >= 15 is 0 Å². The van der Waals surface area contributed by atoms with E-state index in [4.69, 9.17) is 0 Å². The van der Waals surface area contributed by atoms with Crippen LogP contribution in [0, 0.1) is 23.2 Å². The number of ketones is 1. The number of hydrogen-bond acceptors (Lipinski definition) is 1. The Morgan fingerprint density at radius 3 is 2.69 bits per heavy atom. The molecule has 1 nitrogen and oxygen atoms in total. The Labute approximate surface area is 99.3 Å². The smallest absolute Gasteiger partial charge is 0.129 e. The molecule has 0 aromatic carbocycles. The van der Waals surface area contributed by atoms with Gasteiger partial charge in [0, 0.05) is 6.42 Å². The highest BCUT2D eigenvalue weighted by molar-refractivity contribution is 5.75. The molecule has 0 N–H and O–H groups in total. The summed E-state index contributed by atoms with van der Waals surface area (Å²) in [6.45, 7) is 8.77. The molecule has 0 saturated heterocycles. The summed E-state index contributed by atoms with van der Waals surface area (Å²) < 4.78 is 0. The molecule has 1 heteroatoms. The van der Waals surface area contributed by atoms with E-state index < -0.39 is 0 Å². The van der Waals surface area contributed by atoms with E-state index in [9.17, 15) is 4.79 Å². The third-order valence-corrected chi connectivity index (χ3v) is 4.91. The average molecular weight is 220 g/mol. The fourth-order valence-electron chi connectivity index (χ4n) is 3.83. The predicted octanol–water partition coefficient (Wildman–Crippen LogP) is 3.98. The van der Waals surface area contributed by atoms with Crippen molar-refractivity contribution in [1.29, 1.82) is 0 Å². The highest BCUT2D eigenvalue weighted by atomic mass is 16.1. The number of carbonyl (C=O) groups excluding carboxylic acids is 1. The van der Waals surface area contributed by atoms with Gasteiger partial charge in [0.2, 0.25) is 0 Å². The van der Waals surface area contributed by atoms with Crippen molar-refractivity contribution in [1.82, 2.24) is 0 Å². The molecule has 1 fully saturated rings.